The van der Waals surface area contributed by atoms with Crippen molar-refractivity contribution in [2.75, 3.05) is 12.3 Å². The Morgan fingerprint density at radius 1 is 1.33 bits per heavy atom. The summed E-state index contributed by atoms with van der Waals surface area (Å²) >= 11 is 0. The van der Waals surface area contributed by atoms with Crippen LogP contribution in [0.2, 0.25) is 0 Å². The fraction of sp³-hybridized carbons (Fsp3) is 1.00. The highest BCUT2D eigenvalue weighted by Crippen LogP contribution is 2.29. The van der Waals surface area contributed by atoms with Crippen LogP contribution in [0.25, 0.3) is 0 Å². The third-order valence-electron chi connectivity index (χ3n) is 3.97. The molecule has 0 radical (unpaired) electrons. The zero-order valence-corrected chi connectivity index (χ0v) is 12.9. The topological polar surface area (TPSA) is 46.2 Å². The lowest BCUT2D eigenvalue weighted by atomic mass is 9.91. The minimum absolute atomic E-state index is 0.0698. The van der Waals surface area contributed by atoms with Crippen LogP contribution in [0.15, 0.2) is 0 Å². The quantitative estimate of drug-likeness (QED) is 0.777. The molecule has 1 saturated carbocycles. The molecule has 3 unspecified atom stereocenters. The van der Waals surface area contributed by atoms with Crippen LogP contribution >= 0.6 is 0 Å². The fourth-order valence-electron chi connectivity index (χ4n) is 2.71. The van der Waals surface area contributed by atoms with Crippen LogP contribution in [-0.2, 0) is 9.84 Å². The molecule has 3 nitrogen and oxygen atoms in total. The summed E-state index contributed by atoms with van der Waals surface area (Å²) < 4.78 is 24.6. The lowest BCUT2D eigenvalue weighted by molar-refractivity contribution is 0.381. The lowest BCUT2D eigenvalue weighted by Crippen LogP contribution is -2.33. The van der Waals surface area contributed by atoms with E-state index in [1.54, 1.807) is 0 Å². The molecule has 0 bridgehead atoms. The van der Waals surface area contributed by atoms with E-state index in [9.17, 15) is 8.42 Å². The third-order valence-corrected chi connectivity index (χ3v) is 6.22. The molecule has 1 rings (SSSR count). The van der Waals surface area contributed by atoms with Gasteiger partial charge in [0.15, 0.2) is 9.84 Å². The van der Waals surface area contributed by atoms with Crippen molar-refractivity contribution >= 4 is 9.84 Å². The molecule has 1 N–H and O–H groups in total. The van der Waals surface area contributed by atoms with Gasteiger partial charge >= 0.3 is 0 Å². The average Bonchev–Trinajstić information content (AvgIpc) is 2.34. The number of rotatable bonds is 7. The molecular weight excluding hydrogens is 246 g/mol. The van der Waals surface area contributed by atoms with Crippen LogP contribution < -0.4 is 5.32 Å². The second-order valence-corrected chi connectivity index (χ2v) is 8.31. The molecule has 0 aromatic rings. The lowest BCUT2D eigenvalue weighted by Gasteiger charge is -2.27. The van der Waals surface area contributed by atoms with Gasteiger partial charge in [-0.25, -0.2) is 8.42 Å². The largest absolute Gasteiger partial charge is 0.314 e. The molecule has 0 spiro atoms. The SMILES string of the molecule is CCCNC(C)CCS(=O)(=O)C1CCCC(C)C1. The summed E-state index contributed by atoms with van der Waals surface area (Å²) in [7, 11) is -2.88. The van der Waals surface area contributed by atoms with Gasteiger partial charge in [0.1, 0.15) is 0 Å². The minimum Gasteiger partial charge on any atom is -0.314 e. The monoisotopic (exact) mass is 275 g/mol. The Kier molecular flexibility index (Phi) is 6.64. The van der Waals surface area contributed by atoms with Gasteiger partial charge in [-0.1, -0.05) is 26.7 Å². The molecule has 0 aromatic heterocycles. The van der Waals surface area contributed by atoms with Gasteiger partial charge in [0.25, 0.3) is 0 Å². The normalized spacial score (nSPS) is 27.1. The van der Waals surface area contributed by atoms with Crippen LogP contribution in [-0.4, -0.2) is 32.0 Å². The Balaban J connectivity index is 2.39. The summed E-state index contributed by atoms with van der Waals surface area (Å²) in [5.74, 6) is 0.927. The van der Waals surface area contributed by atoms with Gasteiger partial charge in [-0.3, -0.25) is 0 Å². The van der Waals surface area contributed by atoms with Gasteiger partial charge < -0.3 is 5.32 Å². The Labute approximate surface area is 113 Å². The third kappa shape index (κ3) is 5.27. The molecule has 1 aliphatic carbocycles. The Morgan fingerprint density at radius 2 is 2.06 bits per heavy atom. The molecule has 4 heteroatoms. The first kappa shape index (κ1) is 16.0. The fourth-order valence-corrected chi connectivity index (χ4v) is 4.87. The van der Waals surface area contributed by atoms with E-state index < -0.39 is 9.84 Å². The van der Waals surface area contributed by atoms with Crippen LogP contribution in [0, 0.1) is 5.92 Å². The highest BCUT2D eigenvalue weighted by Gasteiger charge is 2.29. The van der Waals surface area contributed by atoms with Crippen molar-refractivity contribution < 1.29 is 8.42 Å². The first-order valence-electron chi connectivity index (χ1n) is 7.40. The predicted molar refractivity (Wildman–Crippen MR) is 77.6 cm³/mol. The highest BCUT2D eigenvalue weighted by atomic mass is 32.2. The molecular formula is C14H29NO2S. The van der Waals surface area contributed by atoms with E-state index in [0.29, 0.717) is 17.7 Å². The zero-order valence-electron chi connectivity index (χ0n) is 12.1. The maximum Gasteiger partial charge on any atom is 0.153 e. The molecule has 18 heavy (non-hydrogen) atoms. The van der Waals surface area contributed by atoms with E-state index in [1.165, 1.54) is 6.42 Å². The van der Waals surface area contributed by atoms with Crippen molar-refractivity contribution in [1.82, 2.24) is 5.32 Å². The van der Waals surface area contributed by atoms with Gasteiger partial charge in [-0.05, 0) is 45.1 Å². The predicted octanol–water partition coefficient (Wildman–Crippen LogP) is 2.76. The Morgan fingerprint density at radius 3 is 2.67 bits per heavy atom. The summed E-state index contributed by atoms with van der Waals surface area (Å²) in [4.78, 5) is 0. The van der Waals surface area contributed by atoms with E-state index in [-0.39, 0.29) is 5.25 Å². The molecule has 0 aromatic carbocycles. The smallest absolute Gasteiger partial charge is 0.153 e. The Hall–Kier alpha value is -0.0900. The summed E-state index contributed by atoms with van der Waals surface area (Å²) in [5.41, 5.74) is 0. The van der Waals surface area contributed by atoms with Gasteiger partial charge in [-0.15, -0.1) is 0 Å². The van der Waals surface area contributed by atoms with Crippen molar-refractivity contribution in [3.63, 3.8) is 0 Å². The van der Waals surface area contributed by atoms with Crippen molar-refractivity contribution in [2.24, 2.45) is 5.92 Å². The molecule has 0 amide bonds. The van der Waals surface area contributed by atoms with Crippen LogP contribution in [0.1, 0.15) is 59.3 Å². The molecule has 1 fully saturated rings. The molecule has 0 saturated heterocycles. The zero-order chi connectivity index (χ0) is 13.6. The van der Waals surface area contributed by atoms with Crippen LogP contribution in [0.5, 0.6) is 0 Å². The highest BCUT2D eigenvalue weighted by molar-refractivity contribution is 7.92. The summed E-state index contributed by atoms with van der Waals surface area (Å²) in [6.07, 6.45) is 5.86. The average molecular weight is 275 g/mol. The van der Waals surface area contributed by atoms with E-state index in [1.807, 2.05) is 0 Å². The van der Waals surface area contributed by atoms with Crippen molar-refractivity contribution in [3.05, 3.63) is 0 Å². The van der Waals surface area contributed by atoms with Crippen molar-refractivity contribution in [1.29, 1.82) is 0 Å². The summed E-state index contributed by atoms with van der Waals surface area (Å²) in [6.45, 7) is 7.35. The number of hydrogen-bond donors (Lipinski definition) is 1. The van der Waals surface area contributed by atoms with Crippen molar-refractivity contribution in [3.8, 4) is 0 Å². The van der Waals surface area contributed by atoms with E-state index in [4.69, 9.17) is 0 Å². The first-order chi connectivity index (χ1) is 8.45. The molecule has 3 atom stereocenters. The van der Waals surface area contributed by atoms with Crippen molar-refractivity contribution in [2.45, 2.75) is 70.6 Å². The van der Waals surface area contributed by atoms with E-state index >= 15 is 0 Å². The van der Waals surface area contributed by atoms with E-state index in [0.717, 1.165) is 38.6 Å². The molecule has 1 aliphatic rings. The van der Waals surface area contributed by atoms with Gasteiger partial charge in [-0.2, -0.15) is 0 Å². The summed E-state index contributed by atoms with van der Waals surface area (Å²) in [5, 5.41) is 3.28. The van der Waals surface area contributed by atoms with Gasteiger partial charge in [0.05, 0.1) is 11.0 Å². The van der Waals surface area contributed by atoms with Gasteiger partial charge in [0.2, 0.25) is 0 Å². The number of nitrogens with one attached hydrogen (secondary N) is 1. The maximum atomic E-state index is 12.3. The van der Waals surface area contributed by atoms with Gasteiger partial charge in [0, 0.05) is 6.04 Å². The second kappa shape index (κ2) is 7.49. The molecule has 0 heterocycles. The molecule has 108 valence electrons. The first-order valence-corrected chi connectivity index (χ1v) is 9.12. The minimum atomic E-state index is -2.88. The standard InChI is InChI=1S/C14H29NO2S/c1-4-9-15-13(3)8-10-18(16,17)14-7-5-6-12(2)11-14/h12-15H,4-11H2,1-3H3. The Bertz CT molecular complexity index is 327. The maximum absolute atomic E-state index is 12.3. The second-order valence-electron chi connectivity index (χ2n) is 5.90. The van der Waals surface area contributed by atoms with Crippen LogP contribution in [0.3, 0.4) is 0 Å². The van der Waals surface area contributed by atoms with E-state index in [2.05, 4.69) is 26.1 Å². The number of sulfone groups is 1. The summed E-state index contributed by atoms with van der Waals surface area (Å²) in [6, 6.07) is 0.306. The number of hydrogen-bond acceptors (Lipinski definition) is 3. The van der Waals surface area contributed by atoms with Crippen LogP contribution in [0.4, 0.5) is 0 Å². The molecule has 0 aliphatic heterocycles.